The quantitative estimate of drug-likeness (QED) is 0.907. The van der Waals surface area contributed by atoms with Crippen LogP contribution in [0.5, 0.6) is 0 Å². The van der Waals surface area contributed by atoms with Crippen LogP contribution < -0.4 is 5.32 Å². The molecule has 0 amide bonds. The van der Waals surface area contributed by atoms with E-state index >= 15 is 0 Å². The van der Waals surface area contributed by atoms with Gasteiger partial charge >= 0.3 is 5.97 Å². The summed E-state index contributed by atoms with van der Waals surface area (Å²) in [4.78, 5) is 10.9. The van der Waals surface area contributed by atoms with Gasteiger partial charge in [-0.2, -0.15) is 0 Å². The van der Waals surface area contributed by atoms with Gasteiger partial charge < -0.3 is 14.8 Å². The standard InChI is InChI=1S/C12H9BrFNO3/c13-9-2-1-7(14)5-10(9)15-6-11-8(12(16)17)3-4-18-11/h1-5,15H,6H2,(H,16,17). The normalized spacial score (nSPS) is 10.3. The van der Waals surface area contributed by atoms with Crippen molar-refractivity contribution in [3.63, 3.8) is 0 Å². The average Bonchev–Trinajstić information content (AvgIpc) is 2.79. The van der Waals surface area contributed by atoms with Gasteiger partial charge in [0.2, 0.25) is 0 Å². The number of carboxylic acids is 1. The van der Waals surface area contributed by atoms with Gasteiger partial charge in [-0.05, 0) is 40.2 Å². The van der Waals surface area contributed by atoms with Crippen LogP contribution in [-0.2, 0) is 6.54 Å². The first-order valence-corrected chi connectivity index (χ1v) is 5.86. The Morgan fingerprint density at radius 2 is 2.22 bits per heavy atom. The second-order valence-corrected chi connectivity index (χ2v) is 4.39. The summed E-state index contributed by atoms with van der Waals surface area (Å²) in [6, 6.07) is 5.58. The Hall–Kier alpha value is -1.82. The minimum atomic E-state index is -1.06. The summed E-state index contributed by atoms with van der Waals surface area (Å²) in [6.07, 6.45) is 1.31. The van der Waals surface area contributed by atoms with Crippen molar-refractivity contribution in [3.8, 4) is 0 Å². The van der Waals surface area contributed by atoms with Crippen molar-refractivity contribution in [1.82, 2.24) is 0 Å². The topological polar surface area (TPSA) is 62.5 Å². The summed E-state index contributed by atoms with van der Waals surface area (Å²) in [6.45, 7) is 0.163. The predicted octanol–water partition coefficient (Wildman–Crippen LogP) is 3.49. The van der Waals surface area contributed by atoms with E-state index in [2.05, 4.69) is 21.2 Å². The molecule has 18 heavy (non-hydrogen) atoms. The van der Waals surface area contributed by atoms with E-state index < -0.39 is 5.97 Å². The summed E-state index contributed by atoms with van der Waals surface area (Å²) in [5, 5.41) is 11.8. The minimum absolute atomic E-state index is 0.0926. The molecule has 0 bridgehead atoms. The van der Waals surface area contributed by atoms with Crippen molar-refractivity contribution in [2.24, 2.45) is 0 Å². The van der Waals surface area contributed by atoms with Gasteiger partial charge in [0.15, 0.2) is 0 Å². The average molecular weight is 314 g/mol. The molecular formula is C12H9BrFNO3. The maximum atomic E-state index is 13.0. The molecule has 2 aromatic rings. The molecule has 0 atom stereocenters. The zero-order valence-corrected chi connectivity index (χ0v) is 10.7. The van der Waals surface area contributed by atoms with E-state index in [1.54, 1.807) is 6.07 Å². The summed E-state index contributed by atoms with van der Waals surface area (Å²) < 4.78 is 18.8. The number of halogens is 2. The largest absolute Gasteiger partial charge is 0.478 e. The molecule has 0 fully saturated rings. The second-order valence-electron chi connectivity index (χ2n) is 3.54. The molecule has 2 rings (SSSR count). The lowest BCUT2D eigenvalue weighted by Crippen LogP contribution is -2.05. The zero-order valence-electron chi connectivity index (χ0n) is 9.11. The van der Waals surface area contributed by atoms with E-state index in [0.29, 0.717) is 15.9 Å². The van der Waals surface area contributed by atoms with E-state index in [1.165, 1.54) is 24.5 Å². The fraction of sp³-hybridized carbons (Fsp3) is 0.0833. The summed E-state index contributed by atoms with van der Waals surface area (Å²) >= 11 is 3.27. The number of rotatable bonds is 4. The van der Waals surface area contributed by atoms with Crippen LogP contribution in [-0.4, -0.2) is 11.1 Å². The molecule has 4 nitrogen and oxygen atoms in total. The van der Waals surface area contributed by atoms with Crippen LogP contribution in [0.15, 0.2) is 39.4 Å². The molecule has 0 spiro atoms. The number of anilines is 1. The van der Waals surface area contributed by atoms with E-state index in [-0.39, 0.29) is 17.9 Å². The molecule has 0 aliphatic carbocycles. The van der Waals surface area contributed by atoms with Gasteiger partial charge in [0.1, 0.15) is 17.1 Å². The molecule has 0 saturated carbocycles. The third-order valence-electron chi connectivity index (χ3n) is 2.34. The van der Waals surface area contributed by atoms with Crippen LogP contribution in [0, 0.1) is 5.82 Å². The highest BCUT2D eigenvalue weighted by molar-refractivity contribution is 9.10. The molecular weight excluding hydrogens is 305 g/mol. The fourth-order valence-corrected chi connectivity index (χ4v) is 1.86. The molecule has 0 aliphatic heterocycles. The van der Waals surface area contributed by atoms with Gasteiger partial charge in [0.25, 0.3) is 0 Å². The van der Waals surface area contributed by atoms with E-state index in [1.807, 2.05) is 0 Å². The Morgan fingerprint density at radius 3 is 2.94 bits per heavy atom. The molecule has 0 aliphatic rings. The summed E-state index contributed by atoms with van der Waals surface area (Å²) in [5.74, 6) is -1.14. The lowest BCUT2D eigenvalue weighted by molar-refractivity contribution is 0.0694. The number of hydrogen-bond donors (Lipinski definition) is 2. The Morgan fingerprint density at radius 1 is 1.44 bits per heavy atom. The summed E-state index contributed by atoms with van der Waals surface area (Å²) in [7, 11) is 0. The zero-order chi connectivity index (χ0) is 13.1. The first-order valence-electron chi connectivity index (χ1n) is 5.06. The molecule has 0 saturated heterocycles. The van der Waals surface area contributed by atoms with Crippen molar-refractivity contribution in [1.29, 1.82) is 0 Å². The third-order valence-corrected chi connectivity index (χ3v) is 3.04. The highest BCUT2D eigenvalue weighted by atomic mass is 79.9. The van der Waals surface area contributed by atoms with Crippen LogP contribution in [0.3, 0.4) is 0 Å². The number of hydrogen-bond acceptors (Lipinski definition) is 3. The molecule has 2 N–H and O–H groups in total. The predicted molar refractivity (Wildman–Crippen MR) is 67.1 cm³/mol. The van der Waals surface area contributed by atoms with Crippen molar-refractivity contribution in [3.05, 3.63) is 52.1 Å². The van der Waals surface area contributed by atoms with E-state index in [0.717, 1.165) is 0 Å². The Bertz CT molecular complexity index is 582. The van der Waals surface area contributed by atoms with Gasteiger partial charge in [-0.15, -0.1) is 0 Å². The van der Waals surface area contributed by atoms with Crippen LogP contribution in [0.25, 0.3) is 0 Å². The highest BCUT2D eigenvalue weighted by Crippen LogP contribution is 2.24. The number of furan rings is 1. The first kappa shape index (κ1) is 12.6. The Balaban J connectivity index is 2.14. The van der Waals surface area contributed by atoms with Crippen molar-refractivity contribution < 1.29 is 18.7 Å². The molecule has 1 aromatic carbocycles. The van der Waals surface area contributed by atoms with Crippen molar-refractivity contribution in [2.75, 3.05) is 5.32 Å². The first-order chi connectivity index (χ1) is 8.58. The lowest BCUT2D eigenvalue weighted by Gasteiger charge is -2.07. The number of nitrogens with one attached hydrogen (secondary N) is 1. The van der Waals surface area contributed by atoms with Crippen LogP contribution in [0.2, 0.25) is 0 Å². The SMILES string of the molecule is O=C(O)c1ccoc1CNc1cc(F)ccc1Br. The van der Waals surface area contributed by atoms with Crippen molar-refractivity contribution >= 4 is 27.6 Å². The molecule has 94 valence electrons. The number of benzene rings is 1. The molecule has 0 unspecified atom stereocenters. The third kappa shape index (κ3) is 2.70. The molecule has 0 radical (unpaired) electrons. The smallest absolute Gasteiger partial charge is 0.339 e. The molecule has 1 aromatic heterocycles. The van der Waals surface area contributed by atoms with Crippen LogP contribution in [0.4, 0.5) is 10.1 Å². The minimum Gasteiger partial charge on any atom is -0.478 e. The maximum Gasteiger partial charge on any atom is 0.339 e. The molecule has 6 heteroatoms. The van der Waals surface area contributed by atoms with Gasteiger partial charge in [0, 0.05) is 4.47 Å². The van der Waals surface area contributed by atoms with Gasteiger partial charge in [-0.3, -0.25) is 0 Å². The highest BCUT2D eigenvalue weighted by Gasteiger charge is 2.13. The number of carboxylic acid groups (broad SMARTS) is 1. The van der Waals surface area contributed by atoms with Crippen molar-refractivity contribution in [2.45, 2.75) is 6.54 Å². The monoisotopic (exact) mass is 313 g/mol. The maximum absolute atomic E-state index is 13.0. The van der Waals surface area contributed by atoms with Gasteiger partial charge in [-0.1, -0.05) is 0 Å². The van der Waals surface area contributed by atoms with Gasteiger partial charge in [-0.25, -0.2) is 9.18 Å². The van der Waals surface area contributed by atoms with E-state index in [9.17, 15) is 9.18 Å². The Kier molecular flexibility index (Phi) is 3.66. The second kappa shape index (κ2) is 5.22. The van der Waals surface area contributed by atoms with E-state index in [4.69, 9.17) is 9.52 Å². The molecule has 1 heterocycles. The van der Waals surface area contributed by atoms with Gasteiger partial charge in [0.05, 0.1) is 18.5 Å². The fourth-order valence-electron chi connectivity index (χ4n) is 1.48. The van der Waals surface area contributed by atoms with Crippen LogP contribution in [0.1, 0.15) is 16.1 Å². The number of carbonyl (C=O) groups is 1. The van der Waals surface area contributed by atoms with Crippen LogP contribution >= 0.6 is 15.9 Å². The Labute approximate surface area is 111 Å². The lowest BCUT2D eigenvalue weighted by atomic mass is 10.2. The number of aromatic carboxylic acids is 1. The summed E-state index contributed by atoms with van der Waals surface area (Å²) in [5.41, 5.74) is 0.623.